The first-order chi connectivity index (χ1) is 12.3. The number of carbonyl (C=O) groups excluding carboxylic acids is 2. The van der Waals surface area contributed by atoms with Gasteiger partial charge in [0.25, 0.3) is 0 Å². The van der Waals surface area contributed by atoms with Crippen molar-refractivity contribution in [2.24, 2.45) is 0 Å². The number of anilines is 1. The van der Waals surface area contributed by atoms with Crippen LogP contribution in [0.1, 0.15) is 17.5 Å². The number of alkyl halides is 3. The van der Waals surface area contributed by atoms with Crippen molar-refractivity contribution in [1.82, 2.24) is 5.32 Å². The average Bonchev–Trinajstić information content (AvgIpc) is 2.59. The molecule has 2 amide bonds. The van der Waals surface area contributed by atoms with E-state index in [0.717, 1.165) is 0 Å². The predicted molar refractivity (Wildman–Crippen MR) is 87.7 cm³/mol. The first-order valence-electron chi connectivity index (χ1n) is 7.73. The Morgan fingerprint density at radius 1 is 0.962 bits per heavy atom. The van der Waals surface area contributed by atoms with Gasteiger partial charge in [0.1, 0.15) is 5.82 Å². The number of carbonyl (C=O) groups is 2. The Kier molecular flexibility index (Phi) is 6.32. The molecule has 2 N–H and O–H groups in total. The second kappa shape index (κ2) is 8.46. The molecular weight excluding hydrogens is 352 g/mol. The Hall–Kier alpha value is -2.90. The van der Waals surface area contributed by atoms with E-state index in [-0.39, 0.29) is 31.1 Å². The van der Waals surface area contributed by atoms with E-state index in [4.69, 9.17) is 0 Å². The van der Waals surface area contributed by atoms with Gasteiger partial charge in [-0.3, -0.25) is 9.59 Å². The fourth-order valence-corrected chi connectivity index (χ4v) is 2.16. The molecule has 0 aliphatic heterocycles. The lowest BCUT2D eigenvalue weighted by atomic mass is 10.1. The van der Waals surface area contributed by atoms with E-state index in [0.29, 0.717) is 16.8 Å². The maximum Gasteiger partial charge on any atom is 0.471 e. The summed E-state index contributed by atoms with van der Waals surface area (Å²) in [6, 6.07) is 12.2. The Balaban J connectivity index is 1.82. The Morgan fingerprint density at radius 2 is 1.62 bits per heavy atom. The smallest absolute Gasteiger partial charge is 0.344 e. The van der Waals surface area contributed by atoms with Gasteiger partial charge in [0.05, 0.1) is 0 Å². The maximum atomic E-state index is 13.5. The second-order valence-electron chi connectivity index (χ2n) is 5.52. The quantitative estimate of drug-likeness (QED) is 0.766. The third-order valence-electron chi connectivity index (χ3n) is 3.53. The predicted octanol–water partition coefficient (Wildman–Crippen LogP) is 3.58. The second-order valence-corrected chi connectivity index (χ2v) is 5.52. The highest BCUT2D eigenvalue weighted by molar-refractivity contribution is 5.90. The Labute approximate surface area is 147 Å². The zero-order valence-corrected chi connectivity index (χ0v) is 13.6. The number of hydrogen-bond acceptors (Lipinski definition) is 2. The minimum Gasteiger partial charge on any atom is -0.344 e. The van der Waals surface area contributed by atoms with E-state index in [9.17, 15) is 27.2 Å². The van der Waals surface area contributed by atoms with Crippen molar-refractivity contribution in [1.29, 1.82) is 0 Å². The third-order valence-corrected chi connectivity index (χ3v) is 3.53. The largest absolute Gasteiger partial charge is 0.471 e. The van der Waals surface area contributed by atoms with E-state index in [2.05, 4.69) is 5.32 Å². The molecule has 8 heteroatoms. The molecule has 0 heterocycles. The van der Waals surface area contributed by atoms with Crippen LogP contribution in [0.15, 0.2) is 48.5 Å². The molecular formula is C18H16F4N2O2. The zero-order chi connectivity index (χ0) is 19.2. The van der Waals surface area contributed by atoms with Crippen molar-refractivity contribution in [2.75, 3.05) is 5.32 Å². The van der Waals surface area contributed by atoms with E-state index >= 15 is 0 Å². The van der Waals surface area contributed by atoms with Crippen molar-refractivity contribution in [3.05, 3.63) is 65.5 Å². The highest BCUT2D eigenvalue weighted by Gasteiger charge is 2.38. The number of benzene rings is 2. The molecule has 0 unspecified atom stereocenters. The van der Waals surface area contributed by atoms with Gasteiger partial charge in [0.15, 0.2) is 0 Å². The van der Waals surface area contributed by atoms with Crippen LogP contribution in [0.25, 0.3) is 0 Å². The van der Waals surface area contributed by atoms with Crippen LogP contribution < -0.4 is 10.6 Å². The fourth-order valence-electron chi connectivity index (χ4n) is 2.16. The molecule has 2 aromatic rings. The molecule has 0 radical (unpaired) electrons. The molecule has 0 fully saturated rings. The Bertz CT molecular complexity index is 774. The number of nitrogens with one attached hydrogen (secondary N) is 2. The van der Waals surface area contributed by atoms with E-state index < -0.39 is 12.1 Å². The molecule has 0 saturated carbocycles. The van der Waals surface area contributed by atoms with Crippen molar-refractivity contribution < 1.29 is 27.2 Å². The lowest BCUT2D eigenvalue weighted by molar-refractivity contribution is -0.173. The van der Waals surface area contributed by atoms with Crippen molar-refractivity contribution in [2.45, 2.75) is 25.6 Å². The molecule has 0 aliphatic carbocycles. The van der Waals surface area contributed by atoms with Crippen LogP contribution in [0.3, 0.4) is 0 Å². The molecule has 0 saturated heterocycles. The molecule has 26 heavy (non-hydrogen) atoms. The maximum absolute atomic E-state index is 13.5. The first-order valence-corrected chi connectivity index (χ1v) is 7.73. The highest BCUT2D eigenvalue weighted by atomic mass is 19.4. The third kappa shape index (κ3) is 5.87. The summed E-state index contributed by atoms with van der Waals surface area (Å²) in [5.41, 5.74) is 1.35. The SMILES string of the molecule is O=C(CCc1ccccc1F)Nc1ccc(CNC(=O)C(F)(F)F)cc1. The van der Waals surface area contributed by atoms with Gasteiger partial charge in [-0.15, -0.1) is 0 Å². The van der Waals surface area contributed by atoms with Crippen LogP contribution in [-0.4, -0.2) is 18.0 Å². The molecule has 0 bridgehead atoms. The fraction of sp³-hybridized carbons (Fsp3) is 0.222. The number of amides is 2. The number of rotatable bonds is 6. The highest BCUT2D eigenvalue weighted by Crippen LogP contribution is 2.15. The lowest BCUT2D eigenvalue weighted by Gasteiger charge is -2.09. The first kappa shape index (κ1) is 19.4. The number of halogens is 4. The molecule has 0 spiro atoms. The monoisotopic (exact) mass is 368 g/mol. The molecule has 0 atom stereocenters. The number of aryl methyl sites for hydroxylation is 1. The van der Waals surface area contributed by atoms with Gasteiger partial charge in [-0.2, -0.15) is 13.2 Å². The van der Waals surface area contributed by atoms with E-state index in [1.165, 1.54) is 30.3 Å². The summed E-state index contributed by atoms with van der Waals surface area (Å²) in [5.74, 6) is -2.69. The van der Waals surface area contributed by atoms with Crippen LogP contribution in [-0.2, 0) is 22.6 Å². The van der Waals surface area contributed by atoms with E-state index in [1.54, 1.807) is 23.5 Å². The summed E-state index contributed by atoms with van der Waals surface area (Å²) in [4.78, 5) is 22.6. The minimum atomic E-state index is -4.92. The van der Waals surface area contributed by atoms with Crippen LogP contribution in [0.5, 0.6) is 0 Å². The van der Waals surface area contributed by atoms with Gasteiger partial charge in [-0.05, 0) is 35.7 Å². The summed E-state index contributed by atoms with van der Waals surface area (Å²) in [6.07, 6.45) is -4.59. The van der Waals surface area contributed by atoms with Gasteiger partial charge in [0, 0.05) is 18.7 Å². The molecule has 0 aromatic heterocycles. The van der Waals surface area contributed by atoms with Crippen molar-refractivity contribution in [3.63, 3.8) is 0 Å². The normalized spacial score (nSPS) is 11.1. The summed E-state index contributed by atoms with van der Waals surface area (Å²) in [5, 5.41) is 4.38. The topological polar surface area (TPSA) is 58.2 Å². The summed E-state index contributed by atoms with van der Waals surface area (Å²) in [7, 11) is 0. The van der Waals surface area contributed by atoms with Gasteiger partial charge in [-0.25, -0.2) is 4.39 Å². The lowest BCUT2D eigenvalue weighted by Crippen LogP contribution is -2.36. The molecule has 0 aliphatic rings. The van der Waals surface area contributed by atoms with Gasteiger partial charge in [0.2, 0.25) is 5.91 Å². The summed E-state index contributed by atoms with van der Waals surface area (Å²) < 4.78 is 49.8. The summed E-state index contributed by atoms with van der Waals surface area (Å²) in [6.45, 7) is -0.278. The van der Waals surface area contributed by atoms with Crippen LogP contribution in [0, 0.1) is 5.82 Å². The van der Waals surface area contributed by atoms with Crippen LogP contribution in [0.2, 0.25) is 0 Å². The van der Waals surface area contributed by atoms with Crippen LogP contribution in [0.4, 0.5) is 23.2 Å². The van der Waals surface area contributed by atoms with Crippen LogP contribution >= 0.6 is 0 Å². The standard InChI is InChI=1S/C18H16F4N2O2/c19-15-4-2-1-3-13(15)7-10-16(25)24-14-8-5-12(6-9-14)11-23-17(26)18(20,21)22/h1-6,8-9H,7,10-11H2,(H,23,26)(H,24,25). The minimum absolute atomic E-state index is 0.0876. The zero-order valence-electron chi connectivity index (χ0n) is 13.6. The number of hydrogen-bond donors (Lipinski definition) is 2. The van der Waals surface area contributed by atoms with Crippen molar-refractivity contribution in [3.8, 4) is 0 Å². The summed E-state index contributed by atoms with van der Waals surface area (Å²) >= 11 is 0. The molecule has 2 aromatic carbocycles. The van der Waals surface area contributed by atoms with Gasteiger partial charge < -0.3 is 10.6 Å². The van der Waals surface area contributed by atoms with Gasteiger partial charge >= 0.3 is 12.1 Å². The van der Waals surface area contributed by atoms with Crippen molar-refractivity contribution >= 4 is 17.5 Å². The van der Waals surface area contributed by atoms with Gasteiger partial charge in [-0.1, -0.05) is 30.3 Å². The Morgan fingerprint density at radius 3 is 2.23 bits per heavy atom. The molecule has 138 valence electrons. The molecule has 4 nitrogen and oxygen atoms in total. The molecule has 2 rings (SSSR count). The van der Waals surface area contributed by atoms with E-state index in [1.807, 2.05) is 0 Å². The average molecular weight is 368 g/mol.